The third-order valence-electron chi connectivity index (χ3n) is 4.13. The van der Waals surface area contributed by atoms with Gasteiger partial charge in [-0.3, -0.25) is 0 Å². The highest BCUT2D eigenvalue weighted by Crippen LogP contribution is 2.49. The fourth-order valence-corrected chi connectivity index (χ4v) is 3.42. The summed E-state index contributed by atoms with van der Waals surface area (Å²) < 4.78 is 0. The molecule has 0 amide bonds. The van der Waals surface area contributed by atoms with Gasteiger partial charge in [0.15, 0.2) is 0 Å². The number of hydrogen-bond donors (Lipinski definition) is 1. The average Bonchev–Trinajstić information content (AvgIpc) is 2.78. The SMILES string of the molecule is C1=CC2NCC3(CCCC3)C2C=C1. The molecule has 3 rings (SSSR count). The lowest BCUT2D eigenvalue weighted by Crippen LogP contribution is -2.28. The molecule has 0 bridgehead atoms. The number of rotatable bonds is 0. The second-order valence-corrected chi connectivity index (χ2v) is 4.77. The van der Waals surface area contributed by atoms with Gasteiger partial charge in [0.05, 0.1) is 0 Å². The predicted octanol–water partition coefficient (Wildman–Crippen LogP) is 2.26. The molecule has 2 aliphatic carbocycles. The maximum Gasteiger partial charge on any atom is 0.0322 e. The maximum atomic E-state index is 3.65. The summed E-state index contributed by atoms with van der Waals surface area (Å²) in [5, 5.41) is 3.65. The lowest BCUT2D eigenvalue weighted by Gasteiger charge is -2.30. The number of fused-ring (bicyclic) bond motifs is 2. The molecular formula is C12H17N. The Morgan fingerprint density at radius 2 is 1.85 bits per heavy atom. The number of hydrogen-bond acceptors (Lipinski definition) is 1. The van der Waals surface area contributed by atoms with Crippen molar-refractivity contribution in [2.75, 3.05) is 6.54 Å². The first-order chi connectivity index (χ1) is 6.41. The minimum atomic E-state index is 0.631. The van der Waals surface area contributed by atoms with Gasteiger partial charge in [0.1, 0.15) is 0 Å². The minimum absolute atomic E-state index is 0.631. The summed E-state index contributed by atoms with van der Waals surface area (Å²) in [7, 11) is 0. The number of allylic oxidation sites excluding steroid dienone is 2. The van der Waals surface area contributed by atoms with E-state index in [4.69, 9.17) is 0 Å². The molecule has 1 aliphatic heterocycles. The monoisotopic (exact) mass is 175 g/mol. The van der Waals surface area contributed by atoms with E-state index < -0.39 is 0 Å². The highest BCUT2D eigenvalue weighted by molar-refractivity contribution is 5.24. The Balaban J connectivity index is 1.92. The van der Waals surface area contributed by atoms with E-state index in [1.54, 1.807) is 0 Å². The Morgan fingerprint density at radius 3 is 2.69 bits per heavy atom. The molecule has 0 aromatic rings. The highest BCUT2D eigenvalue weighted by Gasteiger charge is 2.47. The minimum Gasteiger partial charge on any atom is -0.309 e. The Labute approximate surface area is 79.9 Å². The van der Waals surface area contributed by atoms with Gasteiger partial charge in [-0.25, -0.2) is 0 Å². The summed E-state index contributed by atoms with van der Waals surface area (Å²) in [5.41, 5.74) is 0.631. The molecule has 2 fully saturated rings. The predicted molar refractivity (Wildman–Crippen MR) is 54.5 cm³/mol. The van der Waals surface area contributed by atoms with Crippen LogP contribution in [-0.4, -0.2) is 12.6 Å². The molecule has 1 N–H and O–H groups in total. The largest absolute Gasteiger partial charge is 0.309 e. The standard InChI is InChI=1S/C12H17N/c1-2-6-11-10(5-1)12(9-13-11)7-3-4-8-12/h1-2,5-6,10-11,13H,3-4,7-9H2. The lowest BCUT2D eigenvalue weighted by molar-refractivity contribution is 0.265. The van der Waals surface area contributed by atoms with Gasteiger partial charge >= 0.3 is 0 Å². The van der Waals surface area contributed by atoms with Crippen molar-refractivity contribution in [1.82, 2.24) is 5.32 Å². The van der Waals surface area contributed by atoms with Crippen LogP contribution in [0.1, 0.15) is 25.7 Å². The van der Waals surface area contributed by atoms with Gasteiger partial charge in [-0.2, -0.15) is 0 Å². The second-order valence-electron chi connectivity index (χ2n) is 4.77. The normalized spacial score (nSPS) is 40.0. The van der Waals surface area contributed by atoms with Crippen molar-refractivity contribution in [2.45, 2.75) is 31.7 Å². The molecule has 2 unspecified atom stereocenters. The van der Waals surface area contributed by atoms with Crippen LogP contribution < -0.4 is 5.32 Å². The molecule has 1 spiro atoms. The smallest absolute Gasteiger partial charge is 0.0322 e. The van der Waals surface area contributed by atoms with E-state index in [2.05, 4.69) is 29.6 Å². The summed E-state index contributed by atoms with van der Waals surface area (Å²) in [5.74, 6) is 0.792. The zero-order valence-electron chi connectivity index (χ0n) is 8.00. The van der Waals surface area contributed by atoms with E-state index in [1.807, 2.05) is 0 Å². The molecule has 1 saturated heterocycles. The molecular weight excluding hydrogens is 158 g/mol. The van der Waals surface area contributed by atoms with Crippen LogP contribution >= 0.6 is 0 Å². The molecule has 70 valence electrons. The van der Waals surface area contributed by atoms with E-state index in [-0.39, 0.29) is 0 Å². The van der Waals surface area contributed by atoms with Gasteiger partial charge in [-0.15, -0.1) is 0 Å². The first-order valence-electron chi connectivity index (χ1n) is 5.49. The number of nitrogens with one attached hydrogen (secondary N) is 1. The van der Waals surface area contributed by atoms with Gasteiger partial charge in [-0.1, -0.05) is 37.1 Å². The molecule has 1 heteroatoms. The Bertz CT molecular complexity index is 258. The van der Waals surface area contributed by atoms with Crippen molar-refractivity contribution in [1.29, 1.82) is 0 Å². The van der Waals surface area contributed by atoms with Gasteiger partial charge in [0, 0.05) is 18.5 Å². The summed E-state index contributed by atoms with van der Waals surface area (Å²) >= 11 is 0. The molecule has 1 heterocycles. The summed E-state index contributed by atoms with van der Waals surface area (Å²) in [6.45, 7) is 1.25. The molecule has 2 atom stereocenters. The van der Waals surface area contributed by atoms with Crippen molar-refractivity contribution in [2.24, 2.45) is 11.3 Å². The van der Waals surface area contributed by atoms with Crippen molar-refractivity contribution in [3.8, 4) is 0 Å². The van der Waals surface area contributed by atoms with Gasteiger partial charge in [-0.05, 0) is 18.3 Å². The van der Waals surface area contributed by atoms with Crippen LogP contribution in [0.4, 0.5) is 0 Å². The lowest BCUT2D eigenvalue weighted by atomic mass is 9.73. The van der Waals surface area contributed by atoms with E-state index in [0.717, 1.165) is 5.92 Å². The van der Waals surface area contributed by atoms with E-state index in [1.165, 1.54) is 32.2 Å². The Morgan fingerprint density at radius 1 is 1.08 bits per heavy atom. The van der Waals surface area contributed by atoms with Gasteiger partial charge in [0.2, 0.25) is 0 Å². The van der Waals surface area contributed by atoms with Crippen LogP contribution in [-0.2, 0) is 0 Å². The van der Waals surface area contributed by atoms with Crippen LogP contribution in [0.3, 0.4) is 0 Å². The first-order valence-corrected chi connectivity index (χ1v) is 5.49. The Hall–Kier alpha value is -0.560. The van der Waals surface area contributed by atoms with Crippen LogP contribution in [0.2, 0.25) is 0 Å². The van der Waals surface area contributed by atoms with Crippen molar-refractivity contribution < 1.29 is 0 Å². The zero-order valence-corrected chi connectivity index (χ0v) is 8.00. The zero-order chi connectivity index (χ0) is 8.73. The molecule has 13 heavy (non-hydrogen) atoms. The summed E-state index contributed by atoms with van der Waals surface area (Å²) in [4.78, 5) is 0. The average molecular weight is 175 g/mol. The fourth-order valence-electron chi connectivity index (χ4n) is 3.42. The van der Waals surface area contributed by atoms with Gasteiger partial charge in [0.25, 0.3) is 0 Å². The van der Waals surface area contributed by atoms with E-state index in [0.29, 0.717) is 11.5 Å². The van der Waals surface area contributed by atoms with Crippen molar-refractivity contribution >= 4 is 0 Å². The third kappa shape index (κ3) is 1.03. The van der Waals surface area contributed by atoms with E-state index >= 15 is 0 Å². The van der Waals surface area contributed by atoms with Crippen LogP contribution in [0, 0.1) is 11.3 Å². The molecule has 1 saturated carbocycles. The van der Waals surface area contributed by atoms with E-state index in [9.17, 15) is 0 Å². The Kier molecular flexibility index (Phi) is 1.63. The third-order valence-corrected chi connectivity index (χ3v) is 4.13. The summed E-state index contributed by atoms with van der Waals surface area (Å²) in [6.07, 6.45) is 15.0. The van der Waals surface area contributed by atoms with Crippen LogP contribution in [0.5, 0.6) is 0 Å². The van der Waals surface area contributed by atoms with Crippen molar-refractivity contribution in [3.63, 3.8) is 0 Å². The maximum absolute atomic E-state index is 3.65. The molecule has 0 aromatic carbocycles. The quantitative estimate of drug-likeness (QED) is 0.595. The molecule has 0 radical (unpaired) electrons. The second kappa shape index (κ2) is 2.71. The van der Waals surface area contributed by atoms with Crippen LogP contribution in [0.25, 0.3) is 0 Å². The molecule has 1 nitrogen and oxygen atoms in total. The van der Waals surface area contributed by atoms with Crippen LogP contribution in [0.15, 0.2) is 24.3 Å². The highest BCUT2D eigenvalue weighted by atomic mass is 15.0. The molecule has 0 aromatic heterocycles. The van der Waals surface area contributed by atoms with Gasteiger partial charge < -0.3 is 5.32 Å². The topological polar surface area (TPSA) is 12.0 Å². The first kappa shape index (κ1) is 7.81. The fraction of sp³-hybridized carbons (Fsp3) is 0.667. The summed E-state index contributed by atoms with van der Waals surface area (Å²) in [6, 6.07) is 0.642. The van der Waals surface area contributed by atoms with Crippen molar-refractivity contribution in [3.05, 3.63) is 24.3 Å². The molecule has 3 aliphatic rings.